The second-order valence-electron chi connectivity index (χ2n) is 5.73. The zero-order valence-electron chi connectivity index (χ0n) is 11.1. The highest BCUT2D eigenvalue weighted by Crippen LogP contribution is 2.30. The third-order valence-corrected chi connectivity index (χ3v) is 4.55. The molecule has 3 rings (SSSR count). The van der Waals surface area contributed by atoms with Gasteiger partial charge in [0.25, 0.3) is 0 Å². The van der Waals surface area contributed by atoms with E-state index in [4.69, 9.17) is 0 Å². The Morgan fingerprint density at radius 1 is 1.00 bits per heavy atom. The first-order valence-corrected chi connectivity index (χ1v) is 7.43. The second kappa shape index (κ2) is 5.85. The van der Waals surface area contributed by atoms with Crippen LogP contribution in [-0.2, 0) is 0 Å². The Morgan fingerprint density at radius 3 is 2.78 bits per heavy atom. The summed E-state index contributed by atoms with van der Waals surface area (Å²) in [5.74, 6) is 0.766. The molecule has 2 saturated heterocycles. The molecule has 0 aromatic heterocycles. The smallest absolute Gasteiger partial charge is 0.0108 e. The monoisotopic (exact) mass is 244 g/mol. The Kier molecular flexibility index (Phi) is 3.96. The molecular weight excluding hydrogens is 220 g/mol. The van der Waals surface area contributed by atoms with Gasteiger partial charge in [-0.1, -0.05) is 30.3 Å². The average Bonchev–Trinajstić information content (AvgIpc) is 2.76. The maximum Gasteiger partial charge on any atom is 0.0108 e. The van der Waals surface area contributed by atoms with Crippen LogP contribution >= 0.6 is 0 Å². The fourth-order valence-electron chi connectivity index (χ4n) is 3.48. The molecule has 2 unspecified atom stereocenters. The predicted octanol–water partition coefficient (Wildman–Crippen LogP) is 2.62. The SMILES string of the molecule is c1ccc(C2CCN(C3CCCNCC3)C2)cc1. The van der Waals surface area contributed by atoms with Crippen molar-refractivity contribution in [1.82, 2.24) is 10.2 Å². The summed E-state index contributed by atoms with van der Waals surface area (Å²) in [6, 6.07) is 11.9. The molecule has 18 heavy (non-hydrogen) atoms. The van der Waals surface area contributed by atoms with Gasteiger partial charge in [0.2, 0.25) is 0 Å². The normalized spacial score (nSPS) is 30.2. The lowest BCUT2D eigenvalue weighted by atomic mass is 9.98. The van der Waals surface area contributed by atoms with Crippen molar-refractivity contribution in [3.05, 3.63) is 35.9 Å². The zero-order chi connectivity index (χ0) is 12.2. The molecule has 2 nitrogen and oxygen atoms in total. The van der Waals surface area contributed by atoms with Crippen molar-refractivity contribution in [2.75, 3.05) is 26.2 Å². The van der Waals surface area contributed by atoms with E-state index in [9.17, 15) is 0 Å². The van der Waals surface area contributed by atoms with Gasteiger partial charge in [-0.3, -0.25) is 4.90 Å². The molecule has 2 atom stereocenters. The first-order chi connectivity index (χ1) is 8.93. The van der Waals surface area contributed by atoms with Gasteiger partial charge in [0.05, 0.1) is 0 Å². The number of hydrogen-bond donors (Lipinski definition) is 1. The van der Waals surface area contributed by atoms with Crippen LogP contribution in [0.3, 0.4) is 0 Å². The van der Waals surface area contributed by atoms with Crippen LogP contribution in [0, 0.1) is 0 Å². The van der Waals surface area contributed by atoms with Gasteiger partial charge in [-0.15, -0.1) is 0 Å². The Labute approximate surface area is 110 Å². The van der Waals surface area contributed by atoms with Crippen LogP contribution < -0.4 is 5.32 Å². The van der Waals surface area contributed by atoms with E-state index in [1.165, 1.54) is 57.4 Å². The molecule has 2 fully saturated rings. The molecule has 0 bridgehead atoms. The molecule has 2 heterocycles. The van der Waals surface area contributed by atoms with Crippen molar-refractivity contribution in [1.29, 1.82) is 0 Å². The molecule has 2 aliphatic heterocycles. The molecule has 98 valence electrons. The summed E-state index contributed by atoms with van der Waals surface area (Å²) in [7, 11) is 0. The maximum absolute atomic E-state index is 3.52. The van der Waals surface area contributed by atoms with Gasteiger partial charge in [0.15, 0.2) is 0 Å². The van der Waals surface area contributed by atoms with Crippen molar-refractivity contribution in [3.8, 4) is 0 Å². The molecular formula is C16H24N2. The predicted molar refractivity (Wildman–Crippen MR) is 75.9 cm³/mol. The van der Waals surface area contributed by atoms with E-state index < -0.39 is 0 Å². The molecule has 1 N–H and O–H groups in total. The van der Waals surface area contributed by atoms with Crippen molar-refractivity contribution >= 4 is 0 Å². The van der Waals surface area contributed by atoms with E-state index >= 15 is 0 Å². The van der Waals surface area contributed by atoms with Gasteiger partial charge in [0.1, 0.15) is 0 Å². The fraction of sp³-hybridized carbons (Fsp3) is 0.625. The number of hydrogen-bond acceptors (Lipinski definition) is 2. The number of likely N-dealkylation sites (tertiary alicyclic amines) is 1. The molecule has 1 aromatic rings. The molecule has 0 amide bonds. The largest absolute Gasteiger partial charge is 0.317 e. The van der Waals surface area contributed by atoms with E-state index in [2.05, 4.69) is 40.5 Å². The van der Waals surface area contributed by atoms with E-state index in [1.54, 1.807) is 0 Å². The van der Waals surface area contributed by atoms with Crippen molar-refractivity contribution < 1.29 is 0 Å². The average molecular weight is 244 g/mol. The number of rotatable bonds is 2. The summed E-state index contributed by atoms with van der Waals surface area (Å²) in [4.78, 5) is 2.74. The van der Waals surface area contributed by atoms with Gasteiger partial charge in [-0.25, -0.2) is 0 Å². The van der Waals surface area contributed by atoms with Gasteiger partial charge in [-0.2, -0.15) is 0 Å². The van der Waals surface area contributed by atoms with Crippen LogP contribution in [0.1, 0.15) is 37.2 Å². The first kappa shape index (κ1) is 12.2. The molecule has 0 spiro atoms. The zero-order valence-corrected chi connectivity index (χ0v) is 11.1. The lowest BCUT2D eigenvalue weighted by molar-refractivity contribution is 0.222. The summed E-state index contributed by atoms with van der Waals surface area (Å²) in [5, 5.41) is 3.52. The Bertz CT molecular complexity index is 355. The minimum atomic E-state index is 0.766. The van der Waals surface area contributed by atoms with Crippen molar-refractivity contribution in [2.45, 2.75) is 37.6 Å². The standard InChI is InChI=1S/C16H24N2/c1-2-5-14(6-3-1)15-9-12-18(13-15)16-7-4-10-17-11-8-16/h1-3,5-6,15-17H,4,7-13H2. The van der Waals surface area contributed by atoms with Crippen LogP contribution in [0.15, 0.2) is 30.3 Å². The highest BCUT2D eigenvalue weighted by Gasteiger charge is 2.29. The van der Waals surface area contributed by atoms with Crippen molar-refractivity contribution in [2.24, 2.45) is 0 Å². The minimum absolute atomic E-state index is 0.766. The number of benzene rings is 1. The number of nitrogens with zero attached hydrogens (tertiary/aromatic N) is 1. The molecule has 1 aromatic carbocycles. The Balaban J connectivity index is 1.61. The first-order valence-electron chi connectivity index (χ1n) is 7.43. The lowest BCUT2D eigenvalue weighted by Gasteiger charge is -2.26. The summed E-state index contributed by atoms with van der Waals surface area (Å²) >= 11 is 0. The molecule has 2 heteroatoms. The van der Waals surface area contributed by atoms with Crippen LogP contribution in [-0.4, -0.2) is 37.1 Å². The highest BCUT2D eigenvalue weighted by atomic mass is 15.2. The Morgan fingerprint density at radius 2 is 1.89 bits per heavy atom. The topological polar surface area (TPSA) is 15.3 Å². The maximum atomic E-state index is 3.52. The molecule has 0 radical (unpaired) electrons. The third kappa shape index (κ3) is 2.76. The van der Waals surface area contributed by atoms with E-state index in [1.807, 2.05) is 0 Å². The summed E-state index contributed by atoms with van der Waals surface area (Å²) < 4.78 is 0. The summed E-state index contributed by atoms with van der Waals surface area (Å²) in [5.41, 5.74) is 1.53. The summed E-state index contributed by atoms with van der Waals surface area (Å²) in [6.45, 7) is 4.99. The lowest BCUT2D eigenvalue weighted by Crippen LogP contribution is -2.33. The van der Waals surface area contributed by atoms with Gasteiger partial charge < -0.3 is 5.32 Å². The van der Waals surface area contributed by atoms with Gasteiger partial charge in [0, 0.05) is 12.6 Å². The molecule has 0 saturated carbocycles. The minimum Gasteiger partial charge on any atom is -0.317 e. The van der Waals surface area contributed by atoms with Crippen LogP contribution in [0.5, 0.6) is 0 Å². The van der Waals surface area contributed by atoms with Crippen LogP contribution in [0.2, 0.25) is 0 Å². The molecule has 0 aliphatic carbocycles. The van der Waals surface area contributed by atoms with Crippen LogP contribution in [0.25, 0.3) is 0 Å². The fourth-order valence-corrected chi connectivity index (χ4v) is 3.48. The number of nitrogens with one attached hydrogen (secondary N) is 1. The highest BCUT2D eigenvalue weighted by molar-refractivity contribution is 5.21. The van der Waals surface area contributed by atoms with E-state index in [0.29, 0.717) is 0 Å². The van der Waals surface area contributed by atoms with E-state index in [-0.39, 0.29) is 0 Å². The van der Waals surface area contributed by atoms with Crippen LogP contribution in [0.4, 0.5) is 0 Å². The van der Waals surface area contributed by atoms with Gasteiger partial charge >= 0.3 is 0 Å². The summed E-state index contributed by atoms with van der Waals surface area (Å²) in [6.07, 6.45) is 5.40. The van der Waals surface area contributed by atoms with Gasteiger partial charge in [-0.05, 0) is 56.8 Å². The second-order valence-corrected chi connectivity index (χ2v) is 5.73. The van der Waals surface area contributed by atoms with E-state index in [0.717, 1.165) is 12.0 Å². The molecule has 2 aliphatic rings. The Hall–Kier alpha value is -0.860. The van der Waals surface area contributed by atoms with Crippen molar-refractivity contribution in [3.63, 3.8) is 0 Å². The quantitative estimate of drug-likeness (QED) is 0.860. The third-order valence-electron chi connectivity index (χ3n) is 4.55.